The number of rotatable bonds is 5. The van der Waals surface area contributed by atoms with Gasteiger partial charge in [0.1, 0.15) is 11.3 Å². The molecule has 0 radical (unpaired) electrons. The third kappa shape index (κ3) is 5.35. The van der Waals surface area contributed by atoms with E-state index in [2.05, 4.69) is 21.2 Å². The van der Waals surface area contributed by atoms with Crippen molar-refractivity contribution in [1.29, 1.82) is 0 Å². The maximum absolute atomic E-state index is 13.1. The van der Waals surface area contributed by atoms with Gasteiger partial charge in [0.05, 0.1) is 23.4 Å². The molecule has 0 saturated carbocycles. The monoisotopic (exact) mass is 543 g/mol. The Bertz CT molecular complexity index is 1180. The summed E-state index contributed by atoms with van der Waals surface area (Å²) in [5.41, 5.74) is 2.17. The van der Waals surface area contributed by atoms with Gasteiger partial charge in [-0.15, -0.1) is 0 Å². The fourth-order valence-corrected chi connectivity index (χ4v) is 4.31. The zero-order chi connectivity index (χ0) is 24.2. The number of ether oxygens (including phenoxy) is 2. The number of anilines is 1. The van der Waals surface area contributed by atoms with Crippen LogP contribution in [-0.4, -0.2) is 60.6 Å². The summed E-state index contributed by atoms with van der Waals surface area (Å²) in [6.07, 6.45) is 1.49. The topological polar surface area (TPSA) is 88.2 Å². The van der Waals surface area contributed by atoms with Crippen molar-refractivity contribution in [3.05, 3.63) is 63.6 Å². The van der Waals surface area contributed by atoms with E-state index in [1.807, 2.05) is 19.1 Å². The highest BCUT2D eigenvalue weighted by Gasteiger charge is 2.34. The molecule has 0 spiro atoms. The van der Waals surface area contributed by atoms with Gasteiger partial charge in [-0.25, -0.2) is 0 Å². The van der Waals surface area contributed by atoms with E-state index >= 15 is 0 Å². The standard InChI is InChI=1S/C24H22BrN3O5S/c1-15-2-5-17(6-3-15)28-23(31)18(22(30)26-24(28)34)12-16-4-7-20(19(25)13-16)33-14-21(29)27-8-10-32-11-9-27/h2-7,12-13H,8-11,14H2,1H3,(H,26,30,34)/b18-12+. The van der Waals surface area contributed by atoms with Crippen LogP contribution in [-0.2, 0) is 19.1 Å². The van der Waals surface area contributed by atoms with E-state index in [4.69, 9.17) is 21.7 Å². The molecule has 2 aliphatic rings. The van der Waals surface area contributed by atoms with Gasteiger partial charge in [-0.05, 0) is 71.0 Å². The van der Waals surface area contributed by atoms with Crippen LogP contribution in [0.25, 0.3) is 6.08 Å². The lowest BCUT2D eigenvalue weighted by Crippen LogP contribution is -2.54. The first-order valence-electron chi connectivity index (χ1n) is 10.6. The van der Waals surface area contributed by atoms with Crippen molar-refractivity contribution in [3.63, 3.8) is 0 Å². The molecule has 0 atom stereocenters. The van der Waals surface area contributed by atoms with E-state index < -0.39 is 11.8 Å². The highest BCUT2D eigenvalue weighted by molar-refractivity contribution is 9.10. The first-order valence-corrected chi connectivity index (χ1v) is 11.8. The predicted molar refractivity (Wildman–Crippen MR) is 134 cm³/mol. The average molecular weight is 544 g/mol. The van der Waals surface area contributed by atoms with E-state index in [1.165, 1.54) is 11.0 Å². The number of hydrogen-bond donors (Lipinski definition) is 1. The number of morpholine rings is 1. The number of amides is 3. The Balaban J connectivity index is 1.49. The molecule has 8 nitrogen and oxygen atoms in total. The third-order valence-electron chi connectivity index (χ3n) is 5.38. The quantitative estimate of drug-likeness (QED) is 0.354. The van der Waals surface area contributed by atoms with E-state index in [0.717, 1.165) is 5.56 Å². The van der Waals surface area contributed by atoms with Crippen molar-refractivity contribution in [2.75, 3.05) is 37.8 Å². The Kier molecular flexibility index (Phi) is 7.40. The molecule has 0 bridgehead atoms. The minimum Gasteiger partial charge on any atom is -0.483 e. The number of carbonyl (C=O) groups excluding carboxylic acids is 3. The lowest BCUT2D eigenvalue weighted by molar-refractivity contribution is -0.137. The summed E-state index contributed by atoms with van der Waals surface area (Å²) in [5.74, 6) is -0.709. The van der Waals surface area contributed by atoms with Gasteiger partial charge in [0, 0.05) is 13.1 Å². The van der Waals surface area contributed by atoms with Crippen LogP contribution in [0.2, 0.25) is 0 Å². The largest absolute Gasteiger partial charge is 0.483 e. The number of aryl methyl sites for hydroxylation is 1. The second kappa shape index (κ2) is 10.5. The van der Waals surface area contributed by atoms with Crippen molar-refractivity contribution in [1.82, 2.24) is 10.2 Å². The van der Waals surface area contributed by atoms with Gasteiger partial charge >= 0.3 is 0 Å². The highest BCUT2D eigenvalue weighted by atomic mass is 79.9. The molecule has 2 aliphatic heterocycles. The van der Waals surface area contributed by atoms with E-state index in [0.29, 0.717) is 47.8 Å². The number of benzene rings is 2. The first kappa shape index (κ1) is 24.1. The van der Waals surface area contributed by atoms with Crippen LogP contribution in [0.1, 0.15) is 11.1 Å². The van der Waals surface area contributed by atoms with Crippen LogP contribution in [0.3, 0.4) is 0 Å². The molecule has 2 aromatic rings. The van der Waals surface area contributed by atoms with E-state index in [-0.39, 0.29) is 23.2 Å². The SMILES string of the molecule is Cc1ccc(N2C(=O)/C(=C/c3ccc(OCC(=O)N4CCOCC4)c(Br)c3)C(=O)NC2=S)cc1. The summed E-state index contributed by atoms with van der Waals surface area (Å²) in [6, 6.07) is 12.4. The molecule has 2 saturated heterocycles. The normalized spacial score (nSPS) is 17.7. The zero-order valence-electron chi connectivity index (χ0n) is 18.4. The second-order valence-corrected chi connectivity index (χ2v) is 9.01. The van der Waals surface area contributed by atoms with E-state index in [9.17, 15) is 14.4 Å². The van der Waals surface area contributed by atoms with Gasteiger partial charge in [-0.3, -0.25) is 24.6 Å². The minimum absolute atomic E-state index is 0.0332. The van der Waals surface area contributed by atoms with Gasteiger partial charge in [0.15, 0.2) is 11.7 Å². The summed E-state index contributed by atoms with van der Waals surface area (Å²) in [6.45, 7) is 4.00. The molecule has 3 amide bonds. The molecule has 2 aromatic carbocycles. The molecule has 0 aliphatic carbocycles. The summed E-state index contributed by atoms with van der Waals surface area (Å²) in [5, 5.41) is 2.61. The van der Waals surface area contributed by atoms with Crippen LogP contribution in [0.5, 0.6) is 5.75 Å². The summed E-state index contributed by atoms with van der Waals surface area (Å²) in [4.78, 5) is 41.0. The van der Waals surface area contributed by atoms with Crippen molar-refractivity contribution in [2.24, 2.45) is 0 Å². The number of carbonyl (C=O) groups is 3. The Morgan fingerprint density at radius 2 is 1.88 bits per heavy atom. The fraction of sp³-hybridized carbons (Fsp3) is 0.250. The number of halogens is 1. The molecule has 34 heavy (non-hydrogen) atoms. The molecule has 2 fully saturated rings. The van der Waals surface area contributed by atoms with Crippen LogP contribution in [0.15, 0.2) is 52.5 Å². The molecule has 0 aromatic heterocycles. The molecule has 4 rings (SSSR count). The van der Waals surface area contributed by atoms with Gasteiger partial charge in [0.2, 0.25) is 0 Å². The first-order chi connectivity index (χ1) is 16.3. The summed E-state index contributed by atoms with van der Waals surface area (Å²) >= 11 is 8.67. The van der Waals surface area contributed by atoms with Gasteiger partial charge in [-0.2, -0.15) is 0 Å². The van der Waals surface area contributed by atoms with Crippen molar-refractivity contribution in [3.8, 4) is 5.75 Å². The molecule has 176 valence electrons. The summed E-state index contributed by atoms with van der Waals surface area (Å²) in [7, 11) is 0. The molecule has 0 unspecified atom stereocenters. The van der Waals surface area contributed by atoms with Crippen molar-refractivity contribution in [2.45, 2.75) is 6.92 Å². The maximum Gasteiger partial charge on any atom is 0.270 e. The van der Waals surface area contributed by atoms with Gasteiger partial charge < -0.3 is 14.4 Å². The average Bonchev–Trinajstić information content (AvgIpc) is 2.82. The lowest BCUT2D eigenvalue weighted by Gasteiger charge is -2.29. The Labute approximate surface area is 210 Å². The Hall–Kier alpha value is -3.08. The van der Waals surface area contributed by atoms with Crippen LogP contribution < -0.4 is 15.0 Å². The number of nitrogens with one attached hydrogen (secondary N) is 1. The maximum atomic E-state index is 13.1. The van der Waals surface area contributed by atoms with Crippen molar-refractivity contribution >= 4 is 62.7 Å². The zero-order valence-corrected chi connectivity index (χ0v) is 20.8. The van der Waals surface area contributed by atoms with Crippen LogP contribution in [0, 0.1) is 6.92 Å². The molecule has 2 heterocycles. The Morgan fingerprint density at radius 1 is 1.18 bits per heavy atom. The number of nitrogens with zero attached hydrogens (tertiary/aromatic N) is 2. The number of hydrogen-bond acceptors (Lipinski definition) is 6. The van der Waals surface area contributed by atoms with Crippen LogP contribution >= 0.6 is 28.1 Å². The number of thiocarbonyl (C=S) groups is 1. The molecule has 1 N–H and O–H groups in total. The minimum atomic E-state index is -0.564. The fourth-order valence-electron chi connectivity index (χ4n) is 3.52. The highest BCUT2D eigenvalue weighted by Crippen LogP contribution is 2.28. The third-order valence-corrected chi connectivity index (χ3v) is 6.28. The molecule has 10 heteroatoms. The van der Waals surface area contributed by atoms with Gasteiger partial charge in [0.25, 0.3) is 17.7 Å². The van der Waals surface area contributed by atoms with Gasteiger partial charge in [-0.1, -0.05) is 23.8 Å². The summed E-state index contributed by atoms with van der Waals surface area (Å²) < 4.78 is 11.5. The lowest BCUT2D eigenvalue weighted by atomic mass is 10.1. The van der Waals surface area contributed by atoms with Crippen molar-refractivity contribution < 1.29 is 23.9 Å². The second-order valence-electron chi connectivity index (χ2n) is 7.77. The Morgan fingerprint density at radius 3 is 2.56 bits per heavy atom. The van der Waals surface area contributed by atoms with Crippen LogP contribution in [0.4, 0.5) is 5.69 Å². The smallest absolute Gasteiger partial charge is 0.270 e. The molecular formula is C24H22BrN3O5S. The predicted octanol–water partition coefficient (Wildman–Crippen LogP) is 2.83. The van der Waals surface area contributed by atoms with E-state index in [1.54, 1.807) is 35.2 Å². The molecular weight excluding hydrogens is 522 g/mol.